The lowest BCUT2D eigenvalue weighted by atomic mass is 10.1. The highest BCUT2D eigenvalue weighted by Crippen LogP contribution is 2.27. The largest absolute Gasteiger partial charge is 0.491 e. The number of nitrogens with one attached hydrogen (secondary N) is 1. The summed E-state index contributed by atoms with van der Waals surface area (Å²) in [5, 5.41) is 6.68. The lowest BCUT2D eigenvalue weighted by Gasteiger charge is -2.16. The maximum atomic E-state index is 15.1. The van der Waals surface area contributed by atoms with Crippen LogP contribution in [-0.2, 0) is 13.5 Å². The monoisotopic (exact) mass is 459 g/mol. The van der Waals surface area contributed by atoms with Gasteiger partial charge in [0.05, 0.1) is 11.3 Å². The Bertz CT molecular complexity index is 1210. The number of benzene rings is 2. The van der Waals surface area contributed by atoms with Crippen molar-refractivity contribution in [2.45, 2.75) is 20.3 Å². The van der Waals surface area contributed by atoms with Gasteiger partial charge in [-0.3, -0.25) is 9.36 Å². The first kappa shape index (κ1) is 24.1. The summed E-state index contributed by atoms with van der Waals surface area (Å²) >= 11 is 0. The summed E-state index contributed by atoms with van der Waals surface area (Å²) in [4.78, 5) is 27.4. The quantitative estimate of drug-likeness (QED) is 0.560. The second-order valence-corrected chi connectivity index (χ2v) is 7.86. The van der Waals surface area contributed by atoms with Crippen LogP contribution < -0.4 is 15.7 Å². The van der Waals surface area contributed by atoms with Gasteiger partial charge in [0.1, 0.15) is 35.5 Å². The maximum absolute atomic E-state index is 15.1. The zero-order chi connectivity index (χ0) is 24.3. The highest BCUT2D eigenvalue weighted by atomic mass is 19.1. The molecule has 0 aliphatic heterocycles. The molecule has 33 heavy (non-hydrogen) atoms. The van der Waals surface area contributed by atoms with Crippen LogP contribution >= 0.6 is 0 Å². The van der Waals surface area contributed by atoms with Gasteiger partial charge < -0.3 is 15.0 Å². The predicted molar refractivity (Wildman–Crippen MR) is 121 cm³/mol. The van der Waals surface area contributed by atoms with E-state index in [2.05, 4.69) is 10.4 Å². The van der Waals surface area contributed by atoms with Crippen molar-refractivity contribution in [2.75, 3.05) is 32.6 Å². The van der Waals surface area contributed by atoms with Crippen molar-refractivity contribution < 1.29 is 18.3 Å². The van der Waals surface area contributed by atoms with E-state index in [0.29, 0.717) is 24.4 Å². The summed E-state index contributed by atoms with van der Waals surface area (Å²) in [5.41, 5.74) is -0.280. The molecule has 0 atom stereocenters. The molecule has 0 spiro atoms. The van der Waals surface area contributed by atoms with Crippen LogP contribution in [-0.4, -0.2) is 52.4 Å². The van der Waals surface area contributed by atoms with Crippen molar-refractivity contribution in [1.29, 1.82) is 0 Å². The molecule has 0 radical (unpaired) electrons. The molecule has 3 rings (SSSR count). The normalized spacial score (nSPS) is 11.2. The van der Waals surface area contributed by atoms with Gasteiger partial charge in [-0.05, 0) is 38.7 Å². The minimum atomic E-state index is -0.840. The van der Waals surface area contributed by atoms with Crippen molar-refractivity contribution >= 4 is 11.6 Å². The minimum Gasteiger partial charge on any atom is -0.491 e. The lowest BCUT2D eigenvalue weighted by molar-refractivity contribution is 0.102. The Hall–Kier alpha value is -3.53. The molecule has 0 aliphatic rings. The molecule has 0 fully saturated rings. The number of ether oxygens (including phenoxy) is 1. The third-order valence-electron chi connectivity index (χ3n) is 5.17. The summed E-state index contributed by atoms with van der Waals surface area (Å²) in [7, 11) is 5.26. The van der Waals surface area contributed by atoms with Crippen molar-refractivity contribution in [3.8, 4) is 11.4 Å². The molecule has 3 aromatic rings. The molecule has 10 heteroatoms. The molecule has 0 aliphatic carbocycles. The maximum Gasteiger partial charge on any atom is 0.350 e. The predicted octanol–water partition coefficient (Wildman–Crippen LogP) is 2.91. The number of anilines is 1. The van der Waals surface area contributed by atoms with Gasteiger partial charge in [-0.25, -0.2) is 13.6 Å². The van der Waals surface area contributed by atoms with Gasteiger partial charge in [0.25, 0.3) is 5.91 Å². The highest BCUT2D eigenvalue weighted by Gasteiger charge is 2.22. The zero-order valence-electron chi connectivity index (χ0n) is 19.3. The van der Waals surface area contributed by atoms with Crippen molar-refractivity contribution in [3.05, 3.63) is 69.4 Å². The van der Waals surface area contributed by atoms with E-state index in [9.17, 15) is 14.0 Å². The van der Waals surface area contributed by atoms with E-state index in [0.717, 1.165) is 10.7 Å². The number of carbonyl (C=O) groups is 1. The van der Waals surface area contributed by atoms with Crippen LogP contribution in [0.15, 0.2) is 35.1 Å². The molecular weight excluding hydrogens is 432 g/mol. The van der Waals surface area contributed by atoms with Crippen LogP contribution in [0.2, 0.25) is 0 Å². The van der Waals surface area contributed by atoms with Crippen molar-refractivity contribution in [2.24, 2.45) is 7.05 Å². The summed E-state index contributed by atoms with van der Waals surface area (Å²) in [6.45, 7) is 4.21. The second kappa shape index (κ2) is 9.95. The van der Waals surface area contributed by atoms with Crippen LogP contribution in [0.1, 0.15) is 28.7 Å². The number of carbonyl (C=O) groups excluding carboxylic acids is 1. The van der Waals surface area contributed by atoms with E-state index in [1.54, 1.807) is 20.0 Å². The number of hydrogen-bond acceptors (Lipinski definition) is 5. The first-order chi connectivity index (χ1) is 15.6. The topological polar surface area (TPSA) is 81.4 Å². The molecule has 8 nitrogen and oxygen atoms in total. The Morgan fingerprint density at radius 3 is 2.55 bits per heavy atom. The Balaban J connectivity index is 2.06. The summed E-state index contributed by atoms with van der Waals surface area (Å²) in [6, 6.07) is 6.63. The average molecular weight is 459 g/mol. The van der Waals surface area contributed by atoms with Crippen LogP contribution in [0.5, 0.6) is 5.75 Å². The number of hydrogen-bond donors (Lipinski definition) is 1. The van der Waals surface area contributed by atoms with Gasteiger partial charge in [0.15, 0.2) is 0 Å². The first-order valence-electron chi connectivity index (χ1n) is 10.5. The SMILES string of the molecule is CCc1nn(-c2cc(OCCN(C)C)c(C(=O)Nc3c(C)cccc3F)cc2F)c(=O)n1C. The van der Waals surface area contributed by atoms with Crippen molar-refractivity contribution in [1.82, 2.24) is 19.2 Å². The third-order valence-corrected chi connectivity index (χ3v) is 5.17. The van der Waals surface area contributed by atoms with E-state index in [4.69, 9.17) is 4.74 Å². The number of rotatable bonds is 8. The molecule has 1 aromatic heterocycles. The smallest absolute Gasteiger partial charge is 0.350 e. The van der Waals surface area contributed by atoms with Gasteiger partial charge in [-0.1, -0.05) is 19.1 Å². The fourth-order valence-corrected chi connectivity index (χ4v) is 3.25. The summed E-state index contributed by atoms with van der Waals surface area (Å²) in [5.74, 6) is -1.66. The van der Waals surface area contributed by atoms with E-state index >= 15 is 4.39 Å². The summed E-state index contributed by atoms with van der Waals surface area (Å²) in [6.07, 6.45) is 0.481. The molecule has 0 unspecified atom stereocenters. The molecule has 0 saturated carbocycles. The standard InChI is InChI=1S/C23H27F2N5O3/c1-6-20-27-30(23(32)29(20)5)18-13-19(33-11-10-28(3)4)15(12-17(18)25)22(31)26-21-14(2)8-7-9-16(21)24/h7-9,12-13H,6,10-11H2,1-5H3,(H,26,31). The molecule has 1 N–H and O–H groups in total. The van der Waals surface area contributed by atoms with E-state index < -0.39 is 23.2 Å². The number of likely N-dealkylation sites (N-methyl/N-ethyl adjacent to an activating group) is 1. The Labute approximate surface area is 190 Å². The fourth-order valence-electron chi connectivity index (χ4n) is 3.25. The van der Waals surface area contributed by atoms with Gasteiger partial charge in [-0.15, -0.1) is 5.10 Å². The average Bonchev–Trinajstić information content (AvgIpc) is 3.05. The fraction of sp³-hybridized carbons (Fsp3) is 0.348. The number of amides is 1. The number of nitrogens with zero attached hydrogens (tertiary/aromatic N) is 4. The van der Waals surface area contributed by atoms with Crippen LogP contribution in [0, 0.1) is 18.6 Å². The van der Waals surface area contributed by atoms with E-state index in [1.807, 2.05) is 25.9 Å². The molecule has 2 aromatic carbocycles. The number of aryl methyl sites for hydroxylation is 2. The summed E-state index contributed by atoms with van der Waals surface area (Å²) < 4.78 is 37.4. The Kier molecular flexibility index (Phi) is 7.27. The zero-order valence-corrected chi connectivity index (χ0v) is 19.3. The number of halogens is 2. The second-order valence-electron chi connectivity index (χ2n) is 7.86. The molecule has 1 heterocycles. The molecule has 0 bridgehead atoms. The van der Waals surface area contributed by atoms with Gasteiger partial charge in [0.2, 0.25) is 0 Å². The minimum absolute atomic E-state index is 0.000223. The highest BCUT2D eigenvalue weighted by molar-refractivity contribution is 6.06. The lowest BCUT2D eigenvalue weighted by Crippen LogP contribution is -2.24. The van der Waals surface area contributed by atoms with Crippen molar-refractivity contribution in [3.63, 3.8) is 0 Å². The number of aromatic nitrogens is 3. The van der Waals surface area contributed by atoms with Crippen LogP contribution in [0.4, 0.5) is 14.5 Å². The molecule has 1 amide bonds. The number of para-hydroxylation sites is 1. The Morgan fingerprint density at radius 1 is 1.21 bits per heavy atom. The van der Waals surface area contributed by atoms with E-state index in [-0.39, 0.29) is 29.3 Å². The van der Waals surface area contributed by atoms with Gasteiger partial charge in [-0.2, -0.15) is 4.68 Å². The first-order valence-corrected chi connectivity index (χ1v) is 10.5. The molecular formula is C23H27F2N5O3. The molecule has 176 valence electrons. The van der Waals surface area contributed by atoms with Gasteiger partial charge in [0, 0.05) is 26.1 Å². The molecule has 0 saturated heterocycles. The van der Waals surface area contributed by atoms with Crippen LogP contribution in [0.3, 0.4) is 0 Å². The Morgan fingerprint density at radius 2 is 1.94 bits per heavy atom. The third kappa shape index (κ3) is 5.11. The van der Waals surface area contributed by atoms with Crippen LogP contribution in [0.25, 0.3) is 5.69 Å². The van der Waals surface area contributed by atoms with Gasteiger partial charge >= 0.3 is 5.69 Å². The van der Waals surface area contributed by atoms with E-state index in [1.165, 1.54) is 22.8 Å².